The van der Waals surface area contributed by atoms with Crippen LogP contribution in [0.1, 0.15) is 24.1 Å². The third-order valence-electron chi connectivity index (χ3n) is 5.05. The molecule has 1 heterocycles. The van der Waals surface area contributed by atoms with E-state index in [1.165, 1.54) is 5.56 Å². The van der Waals surface area contributed by atoms with Gasteiger partial charge in [-0.1, -0.05) is 66.2 Å². The van der Waals surface area contributed by atoms with E-state index in [1.54, 1.807) is 0 Å². The van der Waals surface area contributed by atoms with Crippen molar-refractivity contribution < 1.29 is 4.79 Å². The standard InChI is InChI=1S/C23H28ClN3O/c1-19(21-9-11-22(24)12-10-21)25-23(28)18-27-16-14-26(15-17-27)13-5-8-20-6-3-2-4-7-20/h2-12,19H,13-18H2,1H3,(H,25,28)/b8-5+/t19-/m1/s1. The van der Waals surface area contributed by atoms with Crippen LogP contribution in [0, 0.1) is 0 Å². The van der Waals surface area contributed by atoms with Crippen LogP contribution in [0.15, 0.2) is 60.7 Å². The number of piperazine rings is 1. The first kappa shape index (κ1) is 20.6. The van der Waals surface area contributed by atoms with Gasteiger partial charge in [0.15, 0.2) is 0 Å². The first-order valence-electron chi connectivity index (χ1n) is 9.81. The molecule has 1 atom stereocenters. The Balaban J connectivity index is 1.37. The Hall–Kier alpha value is -2.14. The van der Waals surface area contributed by atoms with Gasteiger partial charge in [-0.05, 0) is 30.2 Å². The molecule has 0 radical (unpaired) electrons. The van der Waals surface area contributed by atoms with Crippen LogP contribution in [0.4, 0.5) is 0 Å². The van der Waals surface area contributed by atoms with Gasteiger partial charge in [-0.15, -0.1) is 0 Å². The molecule has 0 bridgehead atoms. The Bertz CT molecular complexity index is 768. The maximum absolute atomic E-state index is 12.4. The first-order valence-corrected chi connectivity index (χ1v) is 10.2. The van der Waals surface area contributed by atoms with Gasteiger partial charge < -0.3 is 5.32 Å². The lowest BCUT2D eigenvalue weighted by atomic mass is 10.1. The van der Waals surface area contributed by atoms with E-state index in [2.05, 4.69) is 51.5 Å². The highest BCUT2D eigenvalue weighted by atomic mass is 35.5. The van der Waals surface area contributed by atoms with Crippen LogP contribution >= 0.6 is 11.6 Å². The minimum atomic E-state index is -0.0193. The van der Waals surface area contributed by atoms with Crippen molar-refractivity contribution in [2.24, 2.45) is 0 Å². The summed E-state index contributed by atoms with van der Waals surface area (Å²) in [5.74, 6) is 0.0693. The number of hydrogen-bond acceptors (Lipinski definition) is 3. The smallest absolute Gasteiger partial charge is 0.234 e. The lowest BCUT2D eigenvalue weighted by Crippen LogP contribution is -2.49. The predicted octanol–water partition coefficient (Wildman–Crippen LogP) is 3.85. The number of nitrogens with zero attached hydrogens (tertiary/aromatic N) is 2. The van der Waals surface area contributed by atoms with E-state index in [0.29, 0.717) is 11.6 Å². The summed E-state index contributed by atoms with van der Waals surface area (Å²) in [6.45, 7) is 7.20. The monoisotopic (exact) mass is 397 g/mol. The summed E-state index contributed by atoms with van der Waals surface area (Å²) in [6, 6.07) is 17.9. The molecular formula is C23H28ClN3O. The van der Waals surface area contributed by atoms with Gasteiger partial charge in [0.05, 0.1) is 12.6 Å². The molecule has 1 aliphatic rings. The molecule has 0 saturated carbocycles. The lowest BCUT2D eigenvalue weighted by molar-refractivity contribution is -0.123. The highest BCUT2D eigenvalue weighted by molar-refractivity contribution is 6.30. The van der Waals surface area contributed by atoms with Crippen molar-refractivity contribution in [3.63, 3.8) is 0 Å². The second kappa shape index (κ2) is 10.4. The van der Waals surface area contributed by atoms with Crippen LogP contribution in [-0.4, -0.2) is 55.0 Å². The normalized spacial score (nSPS) is 16.9. The Morgan fingerprint density at radius 2 is 1.68 bits per heavy atom. The van der Waals surface area contributed by atoms with E-state index < -0.39 is 0 Å². The molecule has 1 amide bonds. The van der Waals surface area contributed by atoms with Crippen LogP contribution in [0.2, 0.25) is 5.02 Å². The van der Waals surface area contributed by atoms with Crippen LogP contribution in [-0.2, 0) is 4.79 Å². The topological polar surface area (TPSA) is 35.6 Å². The zero-order chi connectivity index (χ0) is 19.8. The summed E-state index contributed by atoms with van der Waals surface area (Å²) in [7, 11) is 0. The fraction of sp³-hybridized carbons (Fsp3) is 0.348. The summed E-state index contributed by atoms with van der Waals surface area (Å²) in [4.78, 5) is 17.0. The van der Waals surface area contributed by atoms with Crippen molar-refractivity contribution >= 4 is 23.6 Å². The third kappa shape index (κ3) is 6.48. The van der Waals surface area contributed by atoms with Crippen molar-refractivity contribution in [2.75, 3.05) is 39.3 Å². The molecule has 1 fully saturated rings. The molecule has 1 aliphatic heterocycles. The molecule has 4 nitrogen and oxygen atoms in total. The Kier molecular flexibility index (Phi) is 7.66. The summed E-state index contributed by atoms with van der Waals surface area (Å²) < 4.78 is 0. The van der Waals surface area contributed by atoms with Crippen molar-refractivity contribution in [3.8, 4) is 0 Å². The Morgan fingerprint density at radius 1 is 1.04 bits per heavy atom. The number of carbonyl (C=O) groups is 1. The van der Waals surface area contributed by atoms with Crippen LogP contribution in [0.25, 0.3) is 6.08 Å². The highest BCUT2D eigenvalue weighted by Crippen LogP contribution is 2.16. The largest absolute Gasteiger partial charge is 0.348 e. The van der Waals surface area contributed by atoms with Gasteiger partial charge in [-0.25, -0.2) is 0 Å². The molecular weight excluding hydrogens is 370 g/mol. The molecule has 5 heteroatoms. The summed E-state index contributed by atoms with van der Waals surface area (Å²) in [6.07, 6.45) is 4.38. The number of benzene rings is 2. The van der Waals surface area contributed by atoms with Gasteiger partial charge in [-0.2, -0.15) is 0 Å². The van der Waals surface area contributed by atoms with Crippen molar-refractivity contribution in [1.29, 1.82) is 0 Å². The number of nitrogens with one attached hydrogen (secondary N) is 1. The van der Waals surface area contributed by atoms with Crippen molar-refractivity contribution in [1.82, 2.24) is 15.1 Å². The van der Waals surface area contributed by atoms with Gasteiger partial charge in [0.25, 0.3) is 0 Å². The molecule has 148 valence electrons. The summed E-state index contributed by atoms with van der Waals surface area (Å²) in [5.41, 5.74) is 2.29. The van der Waals surface area contributed by atoms with E-state index in [0.717, 1.165) is 38.3 Å². The zero-order valence-electron chi connectivity index (χ0n) is 16.4. The van der Waals surface area contributed by atoms with Gasteiger partial charge in [0, 0.05) is 37.7 Å². The Labute approximate surface area is 172 Å². The molecule has 3 rings (SSSR count). The van der Waals surface area contributed by atoms with E-state index in [-0.39, 0.29) is 11.9 Å². The second-order valence-corrected chi connectivity index (χ2v) is 7.67. The molecule has 1 saturated heterocycles. The van der Waals surface area contributed by atoms with Crippen molar-refractivity contribution in [3.05, 3.63) is 76.8 Å². The molecule has 0 spiro atoms. The SMILES string of the molecule is C[C@@H](NC(=O)CN1CCN(C/C=C/c2ccccc2)CC1)c1ccc(Cl)cc1. The van der Waals surface area contributed by atoms with Crippen molar-refractivity contribution in [2.45, 2.75) is 13.0 Å². The van der Waals surface area contributed by atoms with E-state index in [4.69, 9.17) is 11.6 Å². The van der Waals surface area contributed by atoms with Crippen LogP contribution in [0.5, 0.6) is 0 Å². The molecule has 0 aliphatic carbocycles. The number of amides is 1. The van der Waals surface area contributed by atoms with Gasteiger partial charge in [-0.3, -0.25) is 14.6 Å². The van der Waals surface area contributed by atoms with E-state index in [1.807, 2.05) is 37.3 Å². The minimum Gasteiger partial charge on any atom is -0.348 e. The molecule has 0 aromatic heterocycles. The summed E-state index contributed by atoms with van der Waals surface area (Å²) >= 11 is 5.92. The number of halogens is 1. The Morgan fingerprint density at radius 3 is 2.36 bits per heavy atom. The van der Waals surface area contributed by atoms with Gasteiger partial charge in [0.2, 0.25) is 5.91 Å². The molecule has 0 unspecified atom stereocenters. The van der Waals surface area contributed by atoms with Gasteiger partial charge in [0.1, 0.15) is 0 Å². The lowest BCUT2D eigenvalue weighted by Gasteiger charge is -2.33. The maximum Gasteiger partial charge on any atom is 0.234 e. The number of hydrogen-bond donors (Lipinski definition) is 1. The highest BCUT2D eigenvalue weighted by Gasteiger charge is 2.19. The number of carbonyl (C=O) groups excluding carboxylic acids is 1. The average molecular weight is 398 g/mol. The van der Waals surface area contributed by atoms with E-state index >= 15 is 0 Å². The van der Waals surface area contributed by atoms with Gasteiger partial charge >= 0.3 is 0 Å². The second-order valence-electron chi connectivity index (χ2n) is 7.23. The zero-order valence-corrected chi connectivity index (χ0v) is 17.1. The molecule has 2 aromatic rings. The maximum atomic E-state index is 12.4. The average Bonchev–Trinajstić information content (AvgIpc) is 2.70. The quantitative estimate of drug-likeness (QED) is 0.770. The third-order valence-corrected chi connectivity index (χ3v) is 5.31. The molecule has 2 aromatic carbocycles. The fourth-order valence-corrected chi connectivity index (χ4v) is 3.48. The predicted molar refractivity (Wildman–Crippen MR) is 116 cm³/mol. The molecule has 28 heavy (non-hydrogen) atoms. The fourth-order valence-electron chi connectivity index (χ4n) is 3.36. The van der Waals surface area contributed by atoms with Crippen LogP contribution < -0.4 is 5.32 Å². The molecule has 1 N–H and O–H groups in total. The van der Waals surface area contributed by atoms with E-state index in [9.17, 15) is 4.79 Å². The summed E-state index contributed by atoms with van der Waals surface area (Å²) in [5, 5.41) is 3.79. The minimum absolute atomic E-state index is 0.0193. The first-order chi connectivity index (χ1) is 13.6. The van der Waals surface area contributed by atoms with Crippen LogP contribution in [0.3, 0.4) is 0 Å². The number of rotatable bonds is 7.